The summed E-state index contributed by atoms with van der Waals surface area (Å²) in [5, 5.41) is 10.5. The second kappa shape index (κ2) is 5.49. The number of alkyl halides is 3. The van der Waals surface area contributed by atoms with E-state index in [1.165, 1.54) is 0 Å². The maximum atomic E-state index is 12.8. The second-order valence-electron chi connectivity index (χ2n) is 5.05. The highest BCUT2D eigenvalue weighted by atomic mass is 19.4. The van der Waals surface area contributed by atoms with Crippen LogP contribution < -0.4 is 11.2 Å². The summed E-state index contributed by atoms with van der Waals surface area (Å²) in [6.07, 6.45) is -3.26. The van der Waals surface area contributed by atoms with Crippen molar-refractivity contribution < 1.29 is 22.7 Å². The van der Waals surface area contributed by atoms with Crippen LogP contribution in [0.4, 0.5) is 18.9 Å². The number of ether oxygens (including phenoxy) is 1. The topological polar surface area (TPSA) is 93.2 Å². The number of nitrogens with one attached hydrogen (secondary N) is 2. The minimum Gasteiger partial charge on any atom is -0.389 e. The first-order chi connectivity index (χ1) is 9.75. The van der Waals surface area contributed by atoms with Gasteiger partial charge in [0.15, 0.2) is 0 Å². The number of anilines is 1. The zero-order chi connectivity index (χ0) is 15.7. The minimum atomic E-state index is -4.53. The molecule has 0 aliphatic carbocycles. The molecule has 2 heterocycles. The number of hydrogen-bond donors (Lipinski definition) is 3. The highest BCUT2D eigenvalue weighted by Gasteiger charge is 2.35. The van der Waals surface area contributed by atoms with E-state index in [1.807, 2.05) is 6.92 Å². The molecule has 1 unspecified atom stereocenters. The van der Waals surface area contributed by atoms with Gasteiger partial charge in [0.25, 0.3) is 5.90 Å². The molecule has 1 aliphatic rings. The summed E-state index contributed by atoms with van der Waals surface area (Å²) in [5.41, 5.74) is -1.50. The first kappa shape index (κ1) is 15.5. The summed E-state index contributed by atoms with van der Waals surface area (Å²) in [4.78, 5) is 7.90. The molecule has 4 N–H and O–H groups in total. The lowest BCUT2D eigenvalue weighted by Crippen LogP contribution is -2.36. The molecule has 9 heteroatoms. The van der Waals surface area contributed by atoms with Crippen LogP contribution >= 0.6 is 0 Å². The van der Waals surface area contributed by atoms with Crippen LogP contribution in [0.2, 0.25) is 0 Å². The molecule has 2 rings (SSSR count). The lowest BCUT2D eigenvalue weighted by atomic mass is 10.0. The molecular weight excluding hydrogens is 289 g/mol. The monoisotopic (exact) mass is 304 g/mol. The van der Waals surface area contributed by atoms with E-state index in [0.717, 1.165) is 6.07 Å². The lowest BCUT2D eigenvalue weighted by Gasteiger charge is -2.26. The predicted molar refractivity (Wildman–Crippen MR) is 68.8 cm³/mol. The van der Waals surface area contributed by atoms with Crippen LogP contribution in [0.3, 0.4) is 0 Å². The van der Waals surface area contributed by atoms with Crippen molar-refractivity contribution >= 4 is 11.6 Å². The van der Waals surface area contributed by atoms with E-state index in [9.17, 15) is 13.2 Å². The molecule has 1 atom stereocenters. The van der Waals surface area contributed by atoms with Crippen molar-refractivity contribution in [3.8, 4) is 0 Å². The zero-order valence-electron chi connectivity index (χ0n) is 11.3. The fourth-order valence-electron chi connectivity index (χ4n) is 2.04. The second-order valence-corrected chi connectivity index (χ2v) is 5.05. The number of rotatable bonds is 3. The highest BCUT2D eigenvalue weighted by Crippen LogP contribution is 2.33. The standard InChI is InChI=1S/C12H15F3N4O2/c1-11(2-3-20-6-11)19-8-4-7(12(13,14)15)5-18-9(8)10(16)21-17/h4-5,16,19H,2-3,6,17H2,1H3. The third-order valence-electron chi connectivity index (χ3n) is 3.20. The van der Waals surface area contributed by atoms with Gasteiger partial charge in [-0.3, -0.25) is 5.41 Å². The van der Waals surface area contributed by atoms with Gasteiger partial charge in [-0.2, -0.15) is 19.1 Å². The van der Waals surface area contributed by atoms with Gasteiger partial charge in [0, 0.05) is 12.8 Å². The van der Waals surface area contributed by atoms with Gasteiger partial charge >= 0.3 is 6.18 Å². The molecule has 1 fully saturated rings. The van der Waals surface area contributed by atoms with Gasteiger partial charge in [-0.1, -0.05) is 0 Å². The van der Waals surface area contributed by atoms with Crippen LogP contribution in [0.15, 0.2) is 12.3 Å². The normalized spacial score (nSPS) is 22.1. The maximum absolute atomic E-state index is 12.8. The van der Waals surface area contributed by atoms with Crippen molar-refractivity contribution in [1.82, 2.24) is 4.98 Å². The fourth-order valence-corrected chi connectivity index (χ4v) is 2.04. The van der Waals surface area contributed by atoms with E-state index in [4.69, 9.17) is 16.0 Å². The quantitative estimate of drug-likeness (QED) is 0.450. The molecule has 116 valence electrons. The number of hydrogen-bond acceptors (Lipinski definition) is 6. The van der Waals surface area contributed by atoms with Crippen LogP contribution in [0.5, 0.6) is 0 Å². The Morgan fingerprint density at radius 2 is 2.29 bits per heavy atom. The van der Waals surface area contributed by atoms with Crippen LogP contribution in [-0.2, 0) is 15.8 Å². The smallest absolute Gasteiger partial charge is 0.389 e. The molecule has 0 aromatic carbocycles. The van der Waals surface area contributed by atoms with E-state index in [2.05, 4.69) is 15.1 Å². The van der Waals surface area contributed by atoms with Gasteiger partial charge in [-0.05, 0) is 19.4 Å². The van der Waals surface area contributed by atoms with Crippen LogP contribution in [0.25, 0.3) is 0 Å². The Morgan fingerprint density at radius 3 is 2.81 bits per heavy atom. The number of nitrogens with two attached hydrogens (primary N) is 1. The van der Waals surface area contributed by atoms with Crippen molar-refractivity contribution in [2.75, 3.05) is 18.5 Å². The summed E-state index contributed by atoms with van der Waals surface area (Å²) in [5.74, 6) is 4.38. The lowest BCUT2D eigenvalue weighted by molar-refractivity contribution is -0.137. The van der Waals surface area contributed by atoms with Crippen molar-refractivity contribution in [2.45, 2.75) is 25.1 Å². The molecule has 6 nitrogen and oxygen atoms in total. The minimum absolute atomic E-state index is 0.0354. The molecule has 1 aliphatic heterocycles. The van der Waals surface area contributed by atoms with Crippen molar-refractivity contribution in [3.63, 3.8) is 0 Å². The first-order valence-corrected chi connectivity index (χ1v) is 6.14. The summed E-state index contributed by atoms with van der Waals surface area (Å²) < 4.78 is 43.6. The van der Waals surface area contributed by atoms with Gasteiger partial charge in [-0.25, -0.2) is 4.98 Å². The van der Waals surface area contributed by atoms with Gasteiger partial charge < -0.3 is 14.9 Å². The Labute approximate surface area is 118 Å². The summed E-state index contributed by atoms with van der Waals surface area (Å²) in [6, 6.07) is 0.888. The molecular formula is C12H15F3N4O2. The van der Waals surface area contributed by atoms with E-state index in [-0.39, 0.29) is 11.4 Å². The average molecular weight is 304 g/mol. The fraction of sp³-hybridized carbons (Fsp3) is 0.500. The van der Waals surface area contributed by atoms with E-state index in [1.54, 1.807) is 0 Å². The van der Waals surface area contributed by atoms with Crippen LogP contribution in [0.1, 0.15) is 24.6 Å². The highest BCUT2D eigenvalue weighted by molar-refractivity contribution is 5.95. The van der Waals surface area contributed by atoms with Gasteiger partial charge in [-0.15, -0.1) is 0 Å². The summed E-state index contributed by atoms with van der Waals surface area (Å²) in [7, 11) is 0. The SMILES string of the molecule is CC1(Nc2cc(C(F)(F)F)cnc2C(=N)ON)CCOC1. The van der Waals surface area contributed by atoms with Gasteiger partial charge in [0.2, 0.25) is 0 Å². The molecule has 1 saturated heterocycles. The Balaban J connectivity index is 2.40. The Hall–Kier alpha value is -1.87. The Morgan fingerprint density at radius 1 is 1.57 bits per heavy atom. The molecule has 0 radical (unpaired) electrons. The van der Waals surface area contributed by atoms with Crippen LogP contribution in [-0.4, -0.2) is 29.6 Å². The summed E-state index contributed by atoms with van der Waals surface area (Å²) in [6.45, 7) is 2.67. The van der Waals surface area contributed by atoms with E-state index >= 15 is 0 Å². The predicted octanol–water partition coefficient (Wildman–Crippen LogP) is 1.91. The first-order valence-electron chi connectivity index (χ1n) is 6.14. The van der Waals surface area contributed by atoms with E-state index < -0.39 is 23.2 Å². The molecule has 0 saturated carbocycles. The molecule has 1 aromatic heterocycles. The third-order valence-corrected chi connectivity index (χ3v) is 3.20. The van der Waals surface area contributed by atoms with Crippen molar-refractivity contribution in [3.05, 3.63) is 23.5 Å². The third kappa shape index (κ3) is 3.42. The molecule has 0 bridgehead atoms. The Kier molecular flexibility index (Phi) is 4.06. The number of halogens is 3. The average Bonchev–Trinajstić information content (AvgIpc) is 2.83. The summed E-state index contributed by atoms with van der Waals surface area (Å²) >= 11 is 0. The van der Waals surface area contributed by atoms with Gasteiger partial charge in [0.05, 0.1) is 23.4 Å². The van der Waals surface area contributed by atoms with Gasteiger partial charge in [0.1, 0.15) is 5.69 Å². The zero-order valence-corrected chi connectivity index (χ0v) is 11.3. The van der Waals surface area contributed by atoms with E-state index in [0.29, 0.717) is 25.8 Å². The van der Waals surface area contributed by atoms with Crippen molar-refractivity contribution in [1.29, 1.82) is 5.41 Å². The van der Waals surface area contributed by atoms with Crippen LogP contribution in [0, 0.1) is 5.41 Å². The largest absolute Gasteiger partial charge is 0.417 e. The van der Waals surface area contributed by atoms with Crippen molar-refractivity contribution in [2.24, 2.45) is 5.90 Å². The molecule has 21 heavy (non-hydrogen) atoms. The number of nitrogens with zero attached hydrogens (tertiary/aromatic N) is 1. The number of pyridine rings is 1. The maximum Gasteiger partial charge on any atom is 0.417 e. The molecule has 1 aromatic rings. The molecule has 0 spiro atoms. The Bertz CT molecular complexity index is 542. The number of aromatic nitrogens is 1. The molecule has 0 amide bonds.